The van der Waals surface area contributed by atoms with E-state index >= 15 is 0 Å². The number of benzene rings is 2. The zero-order chi connectivity index (χ0) is 28.5. The lowest BCUT2D eigenvalue weighted by atomic mass is 9.94. The van der Waals surface area contributed by atoms with E-state index in [0.717, 1.165) is 27.7 Å². The maximum atomic E-state index is 14.2. The number of hydrogen-bond donors (Lipinski definition) is 1. The first-order valence-electron chi connectivity index (χ1n) is 10.9. The zero-order valence-corrected chi connectivity index (χ0v) is 20.6. The van der Waals surface area contributed by atoms with Crippen molar-refractivity contribution in [2.45, 2.75) is 19.0 Å². The number of rotatable bonds is 6. The first-order valence-corrected chi connectivity index (χ1v) is 11.3. The van der Waals surface area contributed by atoms with E-state index in [-0.39, 0.29) is 38.9 Å². The molecule has 2 aromatic heterocycles. The van der Waals surface area contributed by atoms with E-state index in [1.807, 2.05) is 6.07 Å². The van der Waals surface area contributed by atoms with E-state index in [0.29, 0.717) is 5.56 Å². The highest BCUT2D eigenvalue weighted by Gasteiger charge is 2.39. The predicted molar refractivity (Wildman–Crippen MR) is 135 cm³/mol. The van der Waals surface area contributed by atoms with Gasteiger partial charge in [0.15, 0.2) is 0 Å². The number of allylic oxidation sites excluding steroid dienone is 1. The molecule has 0 radical (unpaired) electrons. The summed E-state index contributed by atoms with van der Waals surface area (Å²) in [6.45, 7) is 1.51. The van der Waals surface area contributed by atoms with E-state index in [4.69, 9.17) is 17.3 Å². The van der Waals surface area contributed by atoms with E-state index < -0.39 is 28.7 Å². The second kappa shape index (κ2) is 10.4. The van der Waals surface area contributed by atoms with Gasteiger partial charge in [0.1, 0.15) is 17.6 Å². The van der Waals surface area contributed by atoms with Gasteiger partial charge in [-0.1, -0.05) is 40.9 Å². The van der Waals surface area contributed by atoms with Crippen LogP contribution in [-0.4, -0.2) is 35.4 Å². The predicted octanol–water partition coefficient (Wildman–Crippen LogP) is 4.50. The highest BCUT2D eigenvalue weighted by atomic mass is 35.5. The van der Waals surface area contributed by atoms with Crippen LogP contribution in [0.25, 0.3) is 17.5 Å². The van der Waals surface area contributed by atoms with Crippen molar-refractivity contribution >= 4 is 29.4 Å². The number of nitriles is 1. The quantitative estimate of drug-likeness (QED) is 0.268. The summed E-state index contributed by atoms with van der Waals surface area (Å²) < 4.78 is 44.6. The summed E-state index contributed by atoms with van der Waals surface area (Å²) in [5.74, 6) is -2.83. The SMILES string of the molecule is Cc1cc(C(/C=C/c2ccc(-n3cnc([N+](=O)[O-])n3)c(C#N)c2)C(F)(F)F)cc(-n2ccc(N)nc2=O)c1Cl. The van der Waals surface area contributed by atoms with Crippen molar-refractivity contribution in [1.29, 1.82) is 5.26 Å². The van der Waals surface area contributed by atoms with Crippen LogP contribution in [0.15, 0.2) is 59.8 Å². The normalized spacial score (nSPS) is 12.4. The molecule has 0 bridgehead atoms. The lowest BCUT2D eigenvalue weighted by Gasteiger charge is -2.20. The minimum absolute atomic E-state index is 0.000330. The van der Waals surface area contributed by atoms with Crippen LogP contribution in [0.5, 0.6) is 0 Å². The van der Waals surface area contributed by atoms with Gasteiger partial charge in [-0.2, -0.15) is 23.4 Å². The van der Waals surface area contributed by atoms with Crippen molar-refractivity contribution in [3.05, 3.63) is 103 Å². The topological polar surface area (TPSA) is 159 Å². The number of nitrogen functional groups attached to an aromatic ring is 1. The van der Waals surface area contributed by atoms with E-state index in [1.54, 1.807) is 0 Å². The van der Waals surface area contributed by atoms with Crippen LogP contribution in [0.2, 0.25) is 5.02 Å². The molecule has 0 fully saturated rings. The van der Waals surface area contributed by atoms with Crippen LogP contribution >= 0.6 is 11.6 Å². The molecule has 4 rings (SSSR count). The Labute approximate surface area is 222 Å². The van der Waals surface area contributed by atoms with Crippen molar-refractivity contribution in [3.8, 4) is 17.4 Å². The first kappa shape index (κ1) is 27.0. The van der Waals surface area contributed by atoms with Gasteiger partial charge < -0.3 is 15.8 Å². The Hall–Kier alpha value is -5.03. The molecule has 4 aromatic rings. The monoisotopic (exact) mass is 556 g/mol. The minimum Gasteiger partial charge on any atom is -0.390 e. The average Bonchev–Trinajstić information content (AvgIpc) is 3.36. The van der Waals surface area contributed by atoms with Gasteiger partial charge in [-0.3, -0.25) is 4.57 Å². The smallest absolute Gasteiger partial charge is 0.390 e. The Balaban J connectivity index is 1.74. The number of nitrogens with two attached hydrogens (primary N) is 1. The summed E-state index contributed by atoms with van der Waals surface area (Å²) >= 11 is 6.32. The van der Waals surface area contributed by atoms with Gasteiger partial charge in [-0.15, -0.1) is 4.68 Å². The van der Waals surface area contributed by atoms with Crippen molar-refractivity contribution < 1.29 is 18.1 Å². The van der Waals surface area contributed by atoms with Gasteiger partial charge in [0.2, 0.25) is 6.33 Å². The van der Waals surface area contributed by atoms with Crippen molar-refractivity contribution in [3.63, 3.8) is 0 Å². The Morgan fingerprint density at radius 2 is 1.97 bits per heavy atom. The summed E-state index contributed by atoms with van der Waals surface area (Å²) in [6, 6.07) is 9.74. The number of halogens is 4. The number of nitrogens with zero attached hydrogens (tertiary/aromatic N) is 7. The lowest BCUT2D eigenvalue weighted by molar-refractivity contribution is -0.394. The van der Waals surface area contributed by atoms with Crippen LogP contribution in [0, 0.1) is 28.4 Å². The molecular formula is C24H16ClF3N8O3. The highest BCUT2D eigenvalue weighted by molar-refractivity contribution is 6.33. The van der Waals surface area contributed by atoms with E-state index in [2.05, 4.69) is 15.1 Å². The summed E-state index contributed by atoms with van der Waals surface area (Å²) in [6.07, 6.45) is -0.315. The molecular weight excluding hydrogens is 541 g/mol. The van der Waals surface area contributed by atoms with Crippen LogP contribution in [-0.2, 0) is 0 Å². The van der Waals surface area contributed by atoms with Gasteiger partial charge in [0.05, 0.1) is 22.2 Å². The second-order valence-electron chi connectivity index (χ2n) is 8.19. The third-order valence-electron chi connectivity index (χ3n) is 5.57. The van der Waals surface area contributed by atoms with Crippen molar-refractivity contribution in [1.82, 2.24) is 24.3 Å². The van der Waals surface area contributed by atoms with Crippen molar-refractivity contribution in [2.75, 3.05) is 5.73 Å². The first-order chi connectivity index (χ1) is 18.4. The summed E-state index contributed by atoms with van der Waals surface area (Å²) in [5.41, 5.74) is 5.22. The number of nitro groups is 1. The third-order valence-corrected chi connectivity index (χ3v) is 6.06. The maximum Gasteiger partial charge on any atom is 0.491 e. The van der Waals surface area contributed by atoms with Crippen LogP contribution < -0.4 is 11.4 Å². The second-order valence-corrected chi connectivity index (χ2v) is 8.57. The van der Waals surface area contributed by atoms with Gasteiger partial charge in [0, 0.05) is 11.3 Å². The zero-order valence-electron chi connectivity index (χ0n) is 19.8. The molecule has 39 heavy (non-hydrogen) atoms. The number of alkyl halides is 3. The standard InChI is InChI=1S/C24H16ClF3N8O3/c1-13-8-15(10-19(21(13)25)34-7-6-20(30)32-23(34)37)17(24(26,27)28)4-2-14-3-5-18(16(9-14)11-29)35-12-31-22(33-35)36(38)39/h2-10,12,17H,1H3,(H2,30,32,37)/b4-2+. The van der Waals surface area contributed by atoms with E-state index in [1.165, 1.54) is 49.5 Å². The molecule has 1 atom stereocenters. The summed E-state index contributed by atoms with van der Waals surface area (Å²) in [4.78, 5) is 29.5. The number of aromatic nitrogens is 5. The van der Waals surface area contributed by atoms with Crippen LogP contribution in [0.3, 0.4) is 0 Å². The van der Waals surface area contributed by atoms with Gasteiger partial charge in [0.25, 0.3) is 0 Å². The highest BCUT2D eigenvalue weighted by Crippen LogP contribution is 2.39. The summed E-state index contributed by atoms with van der Waals surface area (Å²) in [7, 11) is 0. The molecule has 15 heteroatoms. The molecule has 11 nitrogen and oxygen atoms in total. The molecule has 2 heterocycles. The molecule has 2 N–H and O–H groups in total. The molecule has 1 unspecified atom stereocenters. The van der Waals surface area contributed by atoms with Crippen LogP contribution in [0.1, 0.15) is 28.2 Å². The fourth-order valence-corrected chi connectivity index (χ4v) is 3.95. The summed E-state index contributed by atoms with van der Waals surface area (Å²) in [5, 5.41) is 24.1. The number of aryl methyl sites for hydroxylation is 1. The molecule has 198 valence electrons. The maximum absolute atomic E-state index is 14.2. The van der Waals surface area contributed by atoms with E-state index in [9.17, 15) is 33.3 Å². The lowest BCUT2D eigenvalue weighted by Crippen LogP contribution is -2.23. The molecule has 0 spiro atoms. The third kappa shape index (κ3) is 5.63. The van der Waals surface area contributed by atoms with Crippen molar-refractivity contribution in [2.24, 2.45) is 0 Å². The molecule has 0 aliphatic heterocycles. The number of hydrogen-bond acceptors (Lipinski definition) is 8. The van der Waals surface area contributed by atoms with Crippen LogP contribution in [0.4, 0.5) is 24.9 Å². The molecule has 0 aliphatic rings. The molecule has 0 saturated carbocycles. The van der Waals surface area contributed by atoms with Gasteiger partial charge in [-0.25, -0.2) is 4.79 Å². The molecule has 2 aromatic carbocycles. The Morgan fingerprint density at radius 1 is 1.23 bits per heavy atom. The average molecular weight is 557 g/mol. The fourth-order valence-electron chi connectivity index (χ4n) is 3.75. The largest absolute Gasteiger partial charge is 0.491 e. The Morgan fingerprint density at radius 3 is 2.59 bits per heavy atom. The number of anilines is 1. The molecule has 0 saturated heterocycles. The Bertz CT molecular complexity index is 1720. The Kier molecular flexibility index (Phi) is 7.19. The molecule has 0 amide bonds. The fraction of sp³-hybridized carbons (Fsp3) is 0.125. The molecule has 0 aliphatic carbocycles. The minimum atomic E-state index is -4.73. The van der Waals surface area contributed by atoms with Gasteiger partial charge in [-0.05, 0) is 52.8 Å². The van der Waals surface area contributed by atoms with Gasteiger partial charge >= 0.3 is 17.8 Å².